The molecule has 7 heteroatoms. The number of hydrogen-bond acceptors (Lipinski definition) is 2. The summed E-state index contributed by atoms with van der Waals surface area (Å²) in [5.41, 5.74) is -1.02. The summed E-state index contributed by atoms with van der Waals surface area (Å²) in [5.74, 6) is -0.609. The molecule has 20 heavy (non-hydrogen) atoms. The van der Waals surface area contributed by atoms with Crippen molar-refractivity contribution in [1.82, 2.24) is 4.98 Å². The first kappa shape index (κ1) is 13.9. The molecule has 0 saturated heterocycles. The van der Waals surface area contributed by atoms with E-state index in [0.717, 1.165) is 24.3 Å². The SMILES string of the molecule is O=C(Nc1ccc(C(F)(F)F)cc1)c1cccc(=O)[nH]1. The highest BCUT2D eigenvalue weighted by Crippen LogP contribution is 2.29. The monoisotopic (exact) mass is 282 g/mol. The Labute approximate surface area is 111 Å². The molecule has 0 radical (unpaired) electrons. The van der Waals surface area contributed by atoms with Crippen molar-refractivity contribution in [3.63, 3.8) is 0 Å². The molecule has 2 aromatic rings. The number of amides is 1. The zero-order chi connectivity index (χ0) is 14.8. The number of anilines is 1. The number of aromatic nitrogens is 1. The number of nitrogens with one attached hydrogen (secondary N) is 2. The first-order chi connectivity index (χ1) is 9.36. The summed E-state index contributed by atoms with van der Waals surface area (Å²) in [4.78, 5) is 25.1. The van der Waals surface area contributed by atoms with Gasteiger partial charge in [0.1, 0.15) is 5.69 Å². The van der Waals surface area contributed by atoms with Crippen molar-refractivity contribution >= 4 is 11.6 Å². The van der Waals surface area contributed by atoms with E-state index in [1.807, 2.05) is 0 Å². The molecule has 1 amide bonds. The Morgan fingerprint density at radius 2 is 1.70 bits per heavy atom. The third-order valence-corrected chi connectivity index (χ3v) is 2.48. The Bertz CT molecular complexity index is 675. The van der Waals surface area contributed by atoms with Gasteiger partial charge in [-0.3, -0.25) is 9.59 Å². The van der Waals surface area contributed by atoms with Gasteiger partial charge >= 0.3 is 6.18 Å². The summed E-state index contributed by atoms with van der Waals surface area (Å²) in [6.07, 6.45) is -4.42. The summed E-state index contributed by atoms with van der Waals surface area (Å²) in [6.45, 7) is 0. The number of aromatic amines is 1. The van der Waals surface area contributed by atoms with Crippen LogP contribution in [0.3, 0.4) is 0 Å². The molecule has 0 fully saturated rings. The predicted molar refractivity (Wildman–Crippen MR) is 66.5 cm³/mol. The number of alkyl halides is 3. The summed E-state index contributed by atoms with van der Waals surface area (Å²) in [5, 5.41) is 2.39. The topological polar surface area (TPSA) is 62.0 Å². The van der Waals surface area contributed by atoms with Gasteiger partial charge in [-0.05, 0) is 30.3 Å². The first-order valence-electron chi connectivity index (χ1n) is 5.54. The van der Waals surface area contributed by atoms with Crippen molar-refractivity contribution in [2.45, 2.75) is 6.18 Å². The van der Waals surface area contributed by atoms with Crippen LogP contribution in [0, 0.1) is 0 Å². The van der Waals surface area contributed by atoms with Gasteiger partial charge in [0.05, 0.1) is 5.56 Å². The fourth-order valence-corrected chi connectivity index (χ4v) is 1.52. The molecule has 0 atom stereocenters. The molecule has 0 bridgehead atoms. The Balaban J connectivity index is 2.14. The summed E-state index contributed by atoms with van der Waals surface area (Å²) in [7, 11) is 0. The van der Waals surface area contributed by atoms with Gasteiger partial charge in [-0.15, -0.1) is 0 Å². The maximum absolute atomic E-state index is 12.4. The van der Waals surface area contributed by atoms with Crippen molar-refractivity contribution in [3.05, 3.63) is 64.1 Å². The zero-order valence-electron chi connectivity index (χ0n) is 9.99. The maximum Gasteiger partial charge on any atom is 0.416 e. The Morgan fingerprint density at radius 1 is 1.05 bits per heavy atom. The molecule has 0 aliphatic heterocycles. The quantitative estimate of drug-likeness (QED) is 0.889. The van der Waals surface area contributed by atoms with E-state index in [9.17, 15) is 22.8 Å². The number of rotatable bonds is 2. The average Bonchev–Trinajstić information content (AvgIpc) is 2.38. The minimum absolute atomic E-state index is 0.0254. The maximum atomic E-state index is 12.4. The van der Waals surface area contributed by atoms with E-state index < -0.39 is 23.2 Å². The molecule has 1 aromatic carbocycles. The number of hydrogen-bond donors (Lipinski definition) is 2. The van der Waals surface area contributed by atoms with Gasteiger partial charge in [0.2, 0.25) is 5.56 Å². The molecule has 0 aliphatic carbocycles. The van der Waals surface area contributed by atoms with E-state index in [-0.39, 0.29) is 11.4 Å². The fraction of sp³-hybridized carbons (Fsp3) is 0.0769. The highest BCUT2D eigenvalue weighted by Gasteiger charge is 2.29. The van der Waals surface area contributed by atoms with Crippen LogP contribution in [0.15, 0.2) is 47.3 Å². The van der Waals surface area contributed by atoms with Crippen molar-refractivity contribution in [1.29, 1.82) is 0 Å². The van der Waals surface area contributed by atoms with Crippen LogP contribution in [0.5, 0.6) is 0 Å². The number of halogens is 3. The molecule has 2 rings (SSSR count). The van der Waals surface area contributed by atoms with Crippen LogP contribution in [-0.4, -0.2) is 10.9 Å². The van der Waals surface area contributed by atoms with E-state index in [2.05, 4.69) is 10.3 Å². The molecule has 2 N–H and O–H groups in total. The second kappa shape index (κ2) is 5.20. The molecule has 4 nitrogen and oxygen atoms in total. The number of H-pyrrole nitrogens is 1. The van der Waals surface area contributed by atoms with Gasteiger partial charge < -0.3 is 10.3 Å². The third kappa shape index (κ3) is 3.25. The largest absolute Gasteiger partial charge is 0.416 e. The van der Waals surface area contributed by atoms with E-state index >= 15 is 0 Å². The van der Waals surface area contributed by atoms with Crippen molar-refractivity contribution in [2.75, 3.05) is 5.32 Å². The van der Waals surface area contributed by atoms with Gasteiger partial charge in [-0.25, -0.2) is 0 Å². The first-order valence-corrected chi connectivity index (χ1v) is 5.54. The van der Waals surface area contributed by atoms with Crippen LogP contribution in [0.4, 0.5) is 18.9 Å². The standard InChI is InChI=1S/C13H9F3N2O2/c14-13(15,16)8-4-6-9(7-5-8)17-12(20)10-2-1-3-11(19)18-10/h1-7H,(H,17,20)(H,18,19). The van der Waals surface area contributed by atoms with E-state index in [1.54, 1.807) is 0 Å². The average molecular weight is 282 g/mol. The normalized spacial score (nSPS) is 11.2. The molecule has 1 aromatic heterocycles. The minimum Gasteiger partial charge on any atom is -0.321 e. The van der Waals surface area contributed by atoms with E-state index in [0.29, 0.717) is 0 Å². The third-order valence-electron chi connectivity index (χ3n) is 2.48. The molecule has 104 valence electrons. The molecule has 0 aliphatic rings. The molecular formula is C13H9F3N2O2. The lowest BCUT2D eigenvalue weighted by Crippen LogP contribution is -2.18. The van der Waals surface area contributed by atoms with Crippen molar-refractivity contribution in [3.8, 4) is 0 Å². The van der Waals surface area contributed by atoms with E-state index in [4.69, 9.17) is 0 Å². The van der Waals surface area contributed by atoms with Gasteiger partial charge in [0, 0.05) is 11.8 Å². The highest BCUT2D eigenvalue weighted by molar-refractivity contribution is 6.02. The summed E-state index contributed by atoms with van der Waals surface area (Å²) in [6, 6.07) is 8.05. The molecule has 0 unspecified atom stereocenters. The molecular weight excluding hydrogens is 273 g/mol. The summed E-state index contributed by atoms with van der Waals surface area (Å²) >= 11 is 0. The van der Waals surface area contributed by atoms with Gasteiger partial charge in [0.25, 0.3) is 5.91 Å². The number of benzene rings is 1. The minimum atomic E-state index is -4.42. The van der Waals surface area contributed by atoms with Crippen LogP contribution in [0.2, 0.25) is 0 Å². The lowest BCUT2D eigenvalue weighted by molar-refractivity contribution is -0.137. The fourth-order valence-electron chi connectivity index (χ4n) is 1.52. The molecule has 0 spiro atoms. The lowest BCUT2D eigenvalue weighted by Gasteiger charge is -2.08. The van der Waals surface area contributed by atoms with Crippen LogP contribution in [0.1, 0.15) is 16.1 Å². The van der Waals surface area contributed by atoms with Gasteiger partial charge in [-0.2, -0.15) is 13.2 Å². The van der Waals surface area contributed by atoms with Gasteiger partial charge in [-0.1, -0.05) is 6.07 Å². The molecule has 1 heterocycles. The van der Waals surface area contributed by atoms with Crippen LogP contribution in [0.25, 0.3) is 0 Å². The Morgan fingerprint density at radius 3 is 2.25 bits per heavy atom. The second-order valence-corrected chi connectivity index (χ2v) is 3.96. The summed E-state index contributed by atoms with van der Waals surface area (Å²) < 4.78 is 37.1. The Kier molecular flexibility index (Phi) is 3.60. The highest BCUT2D eigenvalue weighted by atomic mass is 19.4. The van der Waals surface area contributed by atoms with Crippen LogP contribution >= 0.6 is 0 Å². The predicted octanol–water partition coefficient (Wildman–Crippen LogP) is 2.65. The molecule has 0 saturated carbocycles. The van der Waals surface area contributed by atoms with E-state index in [1.165, 1.54) is 18.2 Å². The number of carbonyl (C=O) groups excluding carboxylic acids is 1. The second-order valence-electron chi connectivity index (χ2n) is 3.96. The zero-order valence-corrected chi connectivity index (χ0v) is 9.99. The smallest absolute Gasteiger partial charge is 0.321 e. The van der Waals surface area contributed by atoms with Crippen molar-refractivity contribution in [2.24, 2.45) is 0 Å². The van der Waals surface area contributed by atoms with Crippen LogP contribution in [-0.2, 0) is 6.18 Å². The van der Waals surface area contributed by atoms with Gasteiger partial charge in [0.15, 0.2) is 0 Å². The Hall–Kier alpha value is -2.57. The number of pyridine rings is 1. The lowest BCUT2D eigenvalue weighted by atomic mass is 10.2. The van der Waals surface area contributed by atoms with Crippen LogP contribution < -0.4 is 10.9 Å². The van der Waals surface area contributed by atoms with Crippen molar-refractivity contribution < 1.29 is 18.0 Å². The number of carbonyl (C=O) groups is 1.